The summed E-state index contributed by atoms with van der Waals surface area (Å²) >= 11 is 3.32. The van der Waals surface area contributed by atoms with Crippen molar-refractivity contribution in [3.05, 3.63) is 70.7 Å². The van der Waals surface area contributed by atoms with Crippen molar-refractivity contribution in [2.75, 3.05) is 0 Å². The average molecular weight is 381 g/mol. The molecule has 0 saturated heterocycles. The summed E-state index contributed by atoms with van der Waals surface area (Å²) < 4.78 is 0. The standard InChI is InChI=1S/C21H20N2OS2/c1-13(19-14(2)23-21(26-19)15-8-4-3-5-9-15)22-20(24)18-12-16-10-6-7-11-17(16)25-18/h3-11,13,18H,12H2,1-2H3,(H,22,24). The van der Waals surface area contributed by atoms with Crippen LogP contribution >= 0.6 is 23.1 Å². The van der Waals surface area contributed by atoms with Gasteiger partial charge in [0.2, 0.25) is 5.91 Å². The molecule has 0 radical (unpaired) electrons. The van der Waals surface area contributed by atoms with Crippen LogP contribution in [0, 0.1) is 6.92 Å². The number of amides is 1. The quantitative estimate of drug-likeness (QED) is 0.691. The minimum Gasteiger partial charge on any atom is -0.348 e. The second kappa shape index (κ2) is 7.25. The molecule has 3 aromatic rings. The number of carbonyl (C=O) groups is 1. The summed E-state index contributed by atoms with van der Waals surface area (Å²) in [5.41, 5.74) is 3.38. The molecule has 1 aliphatic heterocycles. The first-order valence-electron chi connectivity index (χ1n) is 8.69. The number of hydrogen-bond donors (Lipinski definition) is 1. The molecule has 0 aliphatic carbocycles. The highest BCUT2D eigenvalue weighted by Gasteiger charge is 2.29. The zero-order chi connectivity index (χ0) is 18.1. The number of aryl methyl sites for hydroxylation is 1. The first-order valence-corrected chi connectivity index (χ1v) is 10.4. The van der Waals surface area contributed by atoms with Gasteiger partial charge >= 0.3 is 0 Å². The van der Waals surface area contributed by atoms with Crippen LogP contribution in [-0.2, 0) is 11.2 Å². The second-order valence-electron chi connectivity index (χ2n) is 6.48. The first kappa shape index (κ1) is 17.3. The maximum Gasteiger partial charge on any atom is 0.234 e. The number of nitrogens with one attached hydrogen (secondary N) is 1. The van der Waals surface area contributed by atoms with Gasteiger partial charge < -0.3 is 5.32 Å². The van der Waals surface area contributed by atoms with E-state index in [1.165, 1.54) is 10.5 Å². The van der Waals surface area contributed by atoms with Gasteiger partial charge in [0, 0.05) is 10.5 Å². The largest absolute Gasteiger partial charge is 0.348 e. The molecule has 132 valence electrons. The molecule has 3 nitrogen and oxygen atoms in total. The van der Waals surface area contributed by atoms with Crippen molar-refractivity contribution in [1.82, 2.24) is 10.3 Å². The molecule has 2 atom stereocenters. The smallest absolute Gasteiger partial charge is 0.234 e. The number of benzene rings is 2. The van der Waals surface area contributed by atoms with Crippen LogP contribution in [0.25, 0.3) is 10.6 Å². The summed E-state index contributed by atoms with van der Waals surface area (Å²) in [6.45, 7) is 4.06. The zero-order valence-electron chi connectivity index (χ0n) is 14.7. The third kappa shape index (κ3) is 3.41. The molecule has 0 bridgehead atoms. The fraction of sp³-hybridized carbons (Fsp3) is 0.238. The van der Waals surface area contributed by atoms with Crippen molar-refractivity contribution in [2.24, 2.45) is 0 Å². The van der Waals surface area contributed by atoms with Crippen LogP contribution in [0.15, 0.2) is 59.5 Å². The summed E-state index contributed by atoms with van der Waals surface area (Å²) in [4.78, 5) is 19.8. The van der Waals surface area contributed by atoms with Gasteiger partial charge in [-0.3, -0.25) is 4.79 Å². The average Bonchev–Trinajstić information content (AvgIpc) is 3.26. The highest BCUT2D eigenvalue weighted by molar-refractivity contribution is 8.01. The summed E-state index contributed by atoms with van der Waals surface area (Å²) in [6, 6.07) is 18.4. The summed E-state index contributed by atoms with van der Waals surface area (Å²) in [6.07, 6.45) is 0.802. The molecule has 1 aliphatic rings. The van der Waals surface area contributed by atoms with Gasteiger partial charge in [-0.05, 0) is 31.9 Å². The van der Waals surface area contributed by atoms with E-state index in [1.54, 1.807) is 23.1 Å². The van der Waals surface area contributed by atoms with Gasteiger partial charge in [0.05, 0.1) is 21.9 Å². The summed E-state index contributed by atoms with van der Waals surface area (Å²) in [5.74, 6) is 0.104. The monoisotopic (exact) mass is 380 g/mol. The van der Waals surface area contributed by atoms with Gasteiger partial charge in [0.1, 0.15) is 5.01 Å². The molecule has 0 fully saturated rings. The first-order chi connectivity index (χ1) is 12.6. The van der Waals surface area contributed by atoms with Crippen LogP contribution < -0.4 is 5.32 Å². The molecular weight excluding hydrogens is 360 g/mol. The van der Waals surface area contributed by atoms with E-state index in [0.29, 0.717) is 0 Å². The van der Waals surface area contributed by atoms with Gasteiger partial charge in [-0.2, -0.15) is 0 Å². The summed E-state index contributed by atoms with van der Waals surface area (Å²) in [7, 11) is 0. The van der Waals surface area contributed by atoms with Crippen LogP contribution in [0.5, 0.6) is 0 Å². The number of carbonyl (C=O) groups excluding carboxylic acids is 1. The number of thioether (sulfide) groups is 1. The van der Waals surface area contributed by atoms with Crippen molar-refractivity contribution in [2.45, 2.75) is 36.5 Å². The third-order valence-electron chi connectivity index (χ3n) is 4.54. The Morgan fingerprint density at radius 3 is 2.65 bits per heavy atom. The van der Waals surface area contributed by atoms with E-state index in [2.05, 4.69) is 29.6 Å². The van der Waals surface area contributed by atoms with Crippen LogP contribution in [0.3, 0.4) is 0 Å². The van der Waals surface area contributed by atoms with Crippen molar-refractivity contribution in [1.29, 1.82) is 0 Å². The van der Waals surface area contributed by atoms with Crippen molar-refractivity contribution < 1.29 is 4.79 Å². The van der Waals surface area contributed by atoms with E-state index in [1.807, 2.05) is 44.2 Å². The molecule has 0 saturated carbocycles. The molecule has 0 spiro atoms. The van der Waals surface area contributed by atoms with Gasteiger partial charge in [-0.1, -0.05) is 48.5 Å². The summed E-state index contributed by atoms with van der Waals surface area (Å²) in [5, 5.41) is 4.15. The normalized spacial score (nSPS) is 16.9. The molecular formula is C21H20N2OS2. The van der Waals surface area contributed by atoms with E-state index in [-0.39, 0.29) is 17.2 Å². The number of thiazole rings is 1. The Kier molecular flexibility index (Phi) is 4.83. The Hall–Kier alpha value is -2.11. The lowest BCUT2D eigenvalue weighted by Crippen LogP contribution is -2.34. The van der Waals surface area contributed by atoms with Crippen molar-refractivity contribution in [3.8, 4) is 10.6 Å². The highest BCUT2D eigenvalue weighted by atomic mass is 32.2. The topological polar surface area (TPSA) is 42.0 Å². The Labute approximate surface area is 161 Å². The van der Waals surface area contributed by atoms with Crippen molar-refractivity contribution in [3.63, 3.8) is 0 Å². The zero-order valence-corrected chi connectivity index (χ0v) is 16.4. The number of aromatic nitrogens is 1. The molecule has 26 heavy (non-hydrogen) atoms. The maximum atomic E-state index is 12.7. The van der Waals surface area contributed by atoms with Crippen molar-refractivity contribution >= 4 is 29.0 Å². The predicted molar refractivity (Wildman–Crippen MR) is 109 cm³/mol. The van der Waals surface area contributed by atoms with Crippen LogP contribution in [0.1, 0.15) is 29.1 Å². The third-order valence-corrected chi connectivity index (χ3v) is 7.25. The Morgan fingerprint density at radius 2 is 1.88 bits per heavy atom. The lowest BCUT2D eigenvalue weighted by Gasteiger charge is -2.16. The molecule has 1 aromatic heterocycles. The Bertz CT molecular complexity index is 911. The second-order valence-corrected chi connectivity index (χ2v) is 8.76. The van der Waals surface area contributed by atoms with Gasteiger partial charge in [0.25, 0.3) is 0 Å². The molecule has 2 aromatic carbocycles. The van der Waals surface area contributed by atoms with E-state index in [4.69, 9.17) is 4.98 Å². The number of nitrogens with zero attached hydrogens (tertiary/aromatic N) is 1. The maximum absolute atomic E-state index is 12.7. The van der Waals surface area contributed by atoms with E-state index < -0.39 is 0 Å². The van der Waals surface area contributed by atoms with E-state index in [0.717, 1.165) is 27.6 Å². The van der Waals surface area contributed by atoms with Crippen LogP contribution in [-0.4, -0.2) is 16.1 Å². The lowest BCUT2D eigenvalue weighted by molar-refractivity contribution is -0.121. The molecule has 5 heteroatoms. The van der Waals surface area contributed by atoms with Gasteiger partial charge in [0.15, 0.2) is 0 Å². The Balaban J connectivity index is 1.46. The van der Waals surface area contributed by atoms with Crippen LogP contribution in [0.4, 0.5) is 0 Å². The minimum atomic E-state index is -0.0447. The van der Waals surface area contributed by atoms with E-state index >= 15 is 0 Å². The molecule has 1 amide bonds. The van der Waals surface area contributed by atoms with Crippen LogP contribution in [0.2, 0.25) is 0 Å². The fourth-order valence-electron chi connectivity index (χ4n) is 3.21. The molecule has 2 heterocycles. The minimum absolute atomic E-state index is 0.0400. The number of hydrogen-bond acceptors (Lipinski definition) is 4. The number of fused-ring (bicyclic) bond motifs is 1. The lowest BCUT2D eigenvalue weighted by atomic mass is 10.1. The predicted octanol–water partition coefficient (Wildman–Crippen LogP) is 5.01. The molecule has 4 rings (SSSR count). The fourth-order valence-corrected chi connectivity index (χ4v) is 5.49. The van der Waals surface area contributed by atoms with Gasteiger partial charge in [-0.25, -0.2) is 4.98 Å². The number of rotatable bonds is 4. The highest BCUT2D eigenvalue weighted by Crippen LogP contribution is 2.37. The Morgan fingerprint density at radius 1 is 1.15 bits per heavy atom. The molecule has 1 N–H and O–H groups in total. The molecule has 2 unspecified atom stereocenters. The van der Waals surface area contributed by atoms with E-state index in [9.17, 15) is 4.79 Å². The van der Waals surface area contributed by atoms with Gasteiger partial charge in [-0.15, -0.1) is 23.1 Å². The SMILES string of the molecule is Cc1nc(-c2ccccc2)sc1C(C)NC(=O)C1Cc2ccccc2S1.